The lowest BCUT2D eigenvalue weighted by atomic mass is 10.1. The summed E-state index contributed by atoms with van der Waals surface area (Å²) in [4.78, 5) is 11.1. The molecule has 5 rings (SSSR count). The average Bonchev–Trinajstić information content (AvgIpc) is 3.23. The highest BCUT2D eigenvalue weighted by molar-refractivity contribution is 6.00. The van der Waals surface area contributed by atoms with Gasteiger partial charge in [0.05, 0.1) is 18.6 Å². The van der Waals surface area contributed by atoms with Gasteiger partial charge in [0.2, 0.25) is 0 Å². The van der Waals surface area contributed by atoms with Crippen LogP contribution in [0.1, 0.15) is 25.5 Å². The summed E-state index contributed by atoms with van der Waals surface area (Å²) in [6.07, 6.45) is 3.62. The van der Waals surface area contributed by atoms with Gasteiger partial charge in [-0.2, -0.15) is 0 Å². The molecule has 3 heterocycles. The normalized spacial score (nSPS) is 14.8. The minimum Gasteiger partial charge on any atom is -0.457 e. The first kappa shape index (κ1) is 21.4. The minimum absolute atomic E-state index is 0.265. The molecule has 4 aromatic rings. The zero-order valence-electron chi connectivity index (χ0n) is 19.1. The molecule has 0 radical (unpaired) electrons. The zero-order chi connectivity index (χ0) is 22.8. The van der Waals surface area contributed by atoms with Gasteiger partial charge < -0.3 is 19.8 Å². The van der Waals surface area contributed by atoms with Crippen LogP contribution in [0.3, 0.4) is 0 Å². The summed E-state index contributed by atoms with van der Waals surface area (Å²) in [5.74, 6) is 2.17. The molecule has 0 saturated carbocycles. The van der Waals surface area contributed by atoms with Crippen molar-refractivity contribution in [3.05, 3.63) is 66.6 Å². The molecule has 1 fully saturated rings. The van der Waals surface area contributed by atoms with E-state index in [1.165, 1.54) is 11.9 Å². The summed E-state index contributed by atoms with van der Waals surface area (Å²) in [5.41, 5.74) is 10.3. The molecule has 1 aliphatic rings. The molecular weight excluding hydrogens is 414 g/mol. The zero-order valence-corrected chi connectivity index (χ0v) is 19.1. The maximum atomic E-state index is 6.28. The van der Waals surface area contributed by atoms with Crippen molar-refractivity contribution in [3.8, 4) is 22.6 Å². The van der Waals surface area contributed by atoms with Gasteiger partial charge in [-0.05, 0) is 37.6 Å². The lowest BCUT2D eigenvalue weighted by molar-refractivity contribution is 0.0339. The van der Waals surface area contributed by atoms with Crippen LogP contribution in [0, 0.1) is 0 Å². The fourth-order valence-corrected chi connectivity index (χ4v) is 4.28. The summed E-state index contributed by atoms with van der Waals surface area (Å²) in [5, 5.41) is 0.885. The van der Waals surface area contributed by atoms with E-state index in [1.807, 2.05) is 24.3 Å². The van der Waals surface area contributed by atoms with Crippen molar-refractivity contribution in [1.29, 1.82) is 0 Å². The molecule has 170 valence electrons. The number of nitrogen functional groups attached to an aromatic ring is 1. The predicted molar refractivity (Wildman–Crippen MR) is 130 cm³/mol. The predicted octanol–water partition coefficient (Wildman–Crippen LogP) is 4.89. The molecule has 7 heteroatoms. The number of ether oxygens (including phenoxy) is 2. The van der Waals surface area contributed by atoms with Gasteiger partial charge in [-0.15, -0.1) is 0 Å². The highest BCUT2D eigenvalue weighted by atomic mass is 16.5. The van der Waals surface area contributed by atoms with Crippen LogP contribution in [-0.4, -0.2) is 45.7 Å². The number of hydrogen-bond donors (Lipinski definition) is 1. The summed E-state index contributed by atoms with van der Waals surface area (Å²) < 4.78 is 13.9. The standard InChI is InChI=1S/C26H29N5O2/c1-18(2)31-16-22(24-25(27)28-17-29-26(24)31)19-7-9-21(10-8-19)33-23-6-4-3-5-20(23)15-30-11-13-32-14-12-30/h3-10,16-18H,11-15H2,1-2H3,(H2,27,28,29). The lowest BCUT2D eigenvalue weighted by Gasteiger charge is -2.27. The number of anilines is 1. The number of benzene rings is 2. The van der Waals surface area contributed by atoms with Gasteiger partial charge in [-0.25, -0.2) is 9.97 Å². The highest BCUT2D eigenvalue weighted by Crippen LogP contribution is 2.35. The smallest absolute Gasteiger partial charge is 0.146 e. The first-order valence-corrected chi connectivity index (χ1v) is 11.4. The SMILES string of the molecule is CC(C)n1cc(-c2ccc(Oc3ccccc3CN3CCOCC3)cc2)c2c(N)ncnc21. The molecule has 0 aliphatic carbocycles. The van der Waals surface area contributed by atoms with Crippen molar-refractivity contribution in [1.82, 2.24) is 19.4 Å². The number of para-hydroxylation sites is 1. The van der Waals surface area contributed by atoms with Gasteiger partial charge in [0.25, 0.3) is 0 Å². The molecule has 0 unspecified atom stereocenters. The quantitative estimate of drug-likeness (QED) is 0.457. The van der Waals surface area contributed by atoms with E-state index in [9.17, 15) is 0 Å². The van der Waals surface area contributed by atoms with Crippen molar-refractivity contribution >= 4 is 16.9 Å². The fourth-order valence-electron chi connectivity index (χ4n) is 4.28. The largest absolute Gasteiger partial charge is 0.457 e. The maximum absolute atomic E-state index is 6.28. The Morgan fingerprint density at radius 1 is 1.03 bits per heavy atom. The van der Waals surface area contributed by atoms with Gasteiger partial charge in [-0.3, -0.25) is 4.90 Å². The second-order valence-electron chi connectivity index (χ2n) is 8.62. The molecule has 2 N–H and O–H groups in total. The second kappa shape index (κ2) is 9.21. The van der Waals surface area contributed by atoms with E-state index in [0.717, 1.165) is 66.5 Å². The number of nitrogens with two attached hydrogens (primary N) is 1. The van der Waals surface area contributed by atoms with E-state index in [0.29, 0.717) is 5.82 Å². The third-order valence-corrected chi connectivity index (χ3v) is 6.06. The molecule has 2 aromatic heterocycles. The summed E-state index contributed by atoms with van der Waals surface area (Å²) in [6, 6.07) is 16.6. The Bertz CT molecular complexity index is 1240. The van der Waals surface area contributed by atoms with E-state index >= 15 is 0 Å². The Kier molecular flexibility index (Phi) is 5.98. The van der Waals surface area contributed by atoms with Crippen LogP contribution in [0.15, 0.2) is 61.1 Å². The fraction of sp³-hybridized carbons (Fsp3) is 0.308. The number of hydrogen-bond acceptors (Lipinski definition) is 6. The van der Waals surface area contributed by atoms with Crippen molar-refractivity contribution in [2.75, 3.05) is 32.0 Å². The topological polar surface area (TPSA) is 78.4 Å². The number of rotatable bonds is 6. The van der Waals surface area contributed by atoms with Crippen LogP contribution in [0.5, 0.6) is 11.5 Å². The molecule has 1 aliphatic heterocycles. The van der Waals surface area contributed by atoms with Gasteiger partial charge in [0.15, 0.2) is 0 Å². The van der Waals surface area contributed by atoms with Crippen LogP contribution < -0.4 is 10.5 Å². The van der Waals surface area contributed by atoms with Gasteiger partial charge in [0.1, 0.15) is 29.3 Å². The monoisotopic (exact) mass is 443 g/mol. The molecule has 7 nitrogen and oxygen atoms in total. The number of fused-ring (bicyclic) bond motifs is 1. The van der Waals surface area contributed by atoms with Gasteiger partial charge in [0, 0.05) is 43.0 Å². The lowest BCUT2D eigenvalue weighted by Crippen LogP contribution is -2.35. The maximum Gasteiger partial charge on any atom is 0.146 e. The number of morpholine rings is 1. The molecule has 0 bridgehead atoms. The summed E-state index contributed by atoms with van der Waals surface area (Å²) in [6.45, 7) is 8.57. The Hall–Kier alpha value is -3.42. The van der Waals surface area contributed by atoms with E-state index in [2.05, 4.69) is 63.7 Å². The molecular formula is C26H29N5O2. The molecule has 0 amide bonds. The molecule has 2 aromatic carbocycles. The van der Waals surface area contributed by atoms with Crippen molar-refractivity contribution < 1.29 is 9.47 Å². The average molecular weight is 444 g/mol. The third-order valence-electron chi connectivity index (χ3n) is 6.06. The summed E-state index contributed by atoms with van der Waals surface area (Å²) >= 11 is 0. The Morgan fingerprint density at radius 3 is 2.55 bits per heavy atom. The van der Waals surface area contributed by atoms with Crippen LogP contribution in [-0.2, 0) is 11.3 Å². The van der Waals surface area contributed by atoms with Crippen molar-refractivity contribution in [2.24, 2.45) is 0 Å². The Labute approximate surface area is 193 Å². The Morgan fingerprint density at radius 2 is 1.79 bits per heavy atom. The third kappa shape index (κ3) is 4.42. The second-order valence-corrected chi connectivity index (χ2v) is 8.62. The Balaban J connectivity index is 1.41. The van der Waals surface area contributed by atoms with E-state index in [4.69, 9.17) is 15.2 Å². The molecule has 1 saturated heterocycles. The van der Waals surface area contributed by atoms with Crippen LogP contribution >= 0.6 is 0 Å². The molecule has 0 spiro atoms. The summed E-state index contributed by atoms with van der Waals surface area (Å²) in [7, 11) is 0. The first-order valence-electron chi connectivity index (χ1n) is 11.4. The number of aromatic nitrogens is 3. The van der Waals surface area contributed by atoms with E-state index in [1.54, 1.807) is 0 Å². The number of nitrogens with zero attached hydrogens (tertiary/aromatic N) is 4. The van der Waals surface area contributed by atoms with Gasteiger partial charge in [-0.1, -0.05) is 30.3 Å². The van der Waals surface area contributed by atoms with Crippen LogP contribution in [0.2, 0.25) is 0 Å². The van der Waals surface area contributed by atoms with Gasteiger partial charge >= 0.3 is 0 Å². The van der Waals surface area contributed by atoms with E-state index < -0.39 is 0 Å². The molecule has 33 heavy (non-hydrogen) atoms. The highest BCUT2D eigenvalue weighted by Gasteiger charge is 2.17. The first-order chi connectivity index (χ1) is 16.1. The van der Waals surface area contributed by atoms with Crippen molar-refractivity contribution in [3.63, 3.8) is 0 Å². The van der Waals surface area contributed by atoms with Crippen molar-refractivity contribution in [2.45, 2.75) is 26.4 Å². The molecule has 0 atom stereocenters. The van der Waals surface area contributed by atoms with Crippen LogP contribution in [0.4, 0.5) is 5.82 Å². The van der Waals surface area contributed by atoms with Crippen LogP contribution in [0.25, 0.3) is 22.2 Å². The van der Waals surface area contributed by atoms with E-state index in [-0.39, 0.29) is 6.04 Å². The minimum atomic E-state index is 0.265.